The molecule has 2 amide bonds. The fourth-order valence-electron chi connectivity index (χ4n) is 6.71. The van der Waals surface area contributed by atoms with Gasteiger partial charge in [-0.15, -0.1) is 11.3 Å². The molecule has 1 unspecified atom stereocenters. The van der Waals surface area contributed by atoms with Gasteiger partial charge in [0, 0.05) is 60.5 Å². The predicted molar refractivity (Wildman–Crippen MR) is 155 cm³/mol. The van der Waals surface area contributed by atoms with Crippen molar-refractivity contribution in [3.8, 4) is 10.4 Å². The molecule has 3 aliphatic heterocycles. The van der Waals surface area contributed by atoms with Crippen LogP contribution in [0.3, 0.4) is 0 Å². The highest BCUT2D eigenvalue weighted by Gasteiger charge is 2.54. The first-order valence-corrected chi connectivity index (χ1v) is 15.0. The maximum absolute atomic E-state index is 13.9. The van der Waals surface area contributed by atoms with E-state index in [9.17, 15) is 19.5 Å². The van der Waals surface area contributed by atoms with Gasteiger partial charge in [-0.05, 0) is 79.0 Å². The summed E-state index contributed by atoms with van der Waals surface area (Å²) in [5, 5.41) is 10.6. The summed E-state index contributed by atoms with van der Waals surface area (Å²) in [6.07, 6.45) is 6.55. The number of hydrogen-bond acceptors (Lipinski definition) is 7. The van der Waals surface area contributed by atoms with Crippen LogP contribution in [-0.2, 0) is 9.53 Å². The Balaban J connectivity index is 1.34. The predicted octanol–water partition coefficient (Wildman–Crippen LogP) is 5.51. The van der Waals surface area contributed by atoms with Crippen LogP contribution in [0, 0.1) is 5.41 Å². The number of hydrogen-bond donors (Lipinski definition) is 1. The summed E-state index contributed by atoms with van der Waals surface area (Å²) in [6.45, 7) is 12.3. The van der Waals surface area contributed by atoms with Gasteiger partial charge in [0.1, 0.15) is 10.6 Å². The minimum atomic E-state index is -1.09. The summed E-state index contributed by atoms with van der Waals surface area (Å²) in [5.41, 5.74) is -0.313. The minimum Gasteiger partial charge on any atom is -0.465 e. The smallest absolute Gasteiger partial charge is 0.412 e. The monoisotopic (exact) mass is 568 g/mol. The van der Waals surface area contributed by atoms with Crippen LogP contribution in [-0.4, -0.2) is 81.2 Å². The van der Waals surface area contributed by atoms with Gasteiger partial charge in [0.15, 0.2) is 0 Å². The molecular formula is C30H40N4O5S. The van der Waals surface area contributed by atoms with Crippen molar-refractivity contribution < 1.29 is 24.2 Å². The van der Waals surface area contributed by atoms with E-state index in [2.05, 4.69) is 9.88 Å². The van der Waals surface area contributed by atoms with Gasteiger partial charge in [-0.3, -0.25) is 24.4 Å². The van der Waals surface area contributed by atoms with Gasteiger partial charge in [-0.25, -0.2) is 4.79 Å². The van der Waals surface area contributed by atoms with Crippen molar-refractivity contribution in [2.75, 3.05) is 31.1 Å². The average molecular weight is 569 g/mol. The van der Waals surface area contributed by atoms with Crippen LogP contribution in [0.25, 0.3) is 10.4 Å². The molecule has 40 heavy (non-hydrogen) atoms. The van der Waals surface area contributed by atoms with Crippen LogP contribution < -0.4 is 4.90 Å². The Hall–Kier alpha value is -2.98. The van der Waals surface area contributed by atoms with E-state index in [0.29, 0.717) is 29.7 Å². The number of carboxylic acid groups (broad SMARTS) is 1. The van der Waals surface area contributed by atoms with Crippen molar-refractivity contribution in [1.29, 1.82) is 0 Å². The Morgan fingerprint density at radius 1 is 1.20 bits per heavy atom. The Bertz CT molecular complexity index is 1280. The molecular weight excluding hydrogens is 528 g/mol. The molecule has 0 radical (unpaired) electrons. The van der Waals surface area contributed by atoms with E-state index in [-0.39, 0.29) is 11.9 Å². The second kappa shape index (κ2) is 10.4. The number of likely N-dealkylation sites (tertiary alicyclic amines) is 2. The maximum atomic E-state index is 13.9. The maximum Gasteiger partial charge on any atom is 0.412 e. The van der Waals surface area contributed by atoms with Crippen LogP contribution >= 0.6 is 11.3 Å². The number of piperidine rings is 2. The van der Waals surface area contributed by atoms with Gasteiger partial charge in [0.2, 0.25) is 0 Å². The molecule has 3 aliphatic rings. The SMILES string of the molecule is CC1(C)CC2(CCCN(C3CCN(C(=O)c4cc(-c5cccnc5)sc4N(C(=O)O)C(C)(C)C)CC3)C2)C(=O)O1. The van der Waals surface area contributed by atoms with Crippen molar-refractivity contribution >= 4 is 34.3 Å². The summed E-state index contributed by atoms with van der Waals surface area (Å²) in [5.74, 6) is -0.211. The first-order chi connectivity index (χ1) is 18.8. The Kier molecular flexibility index (Phi) is 7.46. The van der Waals surface area contributed by atoms with Gasteiger partial charge in [-0.2, -0.15) is 0 Å². The first kappa shape index (κ1) is 28.5. The lowest BCUT2D eigenvalue weighted by atomic mass is 9.74. The fraction of sp³-hybridized carbons (Fsp3) is 0.600. The van der Waals surface area contributed by atoms with Crippen LogP contribution in [0.15, 0.2) is 30.6 Å². The lowest BCUT2D eigenvalue weighted by Crippen LogP contribution is -2.53. The second-order valence-corrected chi connectivity index (χ2v) is 14.1. The number of amides is 2. The number of nitrogens with zero attached hydrogens (tertiary/aromatic N) is 4. The summed E-state index contributed by atoms with van der Waals surface area (Å²) in [6, 6.07) is 5.86. The third kappa shape index (κ3) is 5.48. The van der Waals surface area contributed by atoms with Crippen molar-refractivity contribution in [2.45, 2.75) is 83.9 Å². The highest BCUT2D eigenvalue weighted by atomic mass is 32.1. The highest BCUT2D eigenvalue weighted by Crippen LogP contribution is 2.47. The number of anilines is 1. The molecule has 1 spiro atoms. The number of carbonyl (C=O) groups excluding carboxylic acids is 2. The summed E-state index contributed by atoms with van der Waals surface area (Å²) in [7, 11) is 0. The van der Waals surface area contributed by atoms with Gasteiger partial charge >= 0.3 is 12.1 Å². The molecule has 3 saturated heterocycles. The van der Waals surface area contributed by atoms with Crippen molar-refractivity contribution in [3.05, 3.63) is 36.2 Å². The summed E-state index contributed by atoms with van der Waals surface area (Å²) in [4.78, 5) is 49.8. The normalized spacial score (nSPS) is 23.8. The molecule has 3 fully saturated rings. The molecule has 0 saturated carbocycles. The number of thiophene rings is 1. The number of pyridine rings is 1. The van der Waals surface area contributed by atoms with Crippen LogP contribution in [0.2, 0.25) is 0 Å². The van der Waals surface area contributed by atoms with Gasteiger partial charge in [0.25, 0.3) is 5.91 Å². The van der Waals surface area contributed by atoms with E-state index < -0.39 is 22.6 Å². The summed E-state index contributed by atoms with van der Waals surface area (Å²) < 4.78 is 5.71. The molecule has 5 rings (SSSR count). The van der Waals surface area contributed by atoms with E-state index in [1.165, 1.54) is 16.2 Å². The zero-order valence-corrected chi connectivity index (χ0v) is 24.9. The van der Waals surface area contributed by atoms with Gasteiger partial charge in [-0.1, -0.05) is 6.07 Å². The zero-order valence-electron chi connectivity index (χ0n) is 24.1. The molecule has 9 nitrogen and oxygen atoms in total. The standard InChI is InChI=1S/C30H40N4O5S/c1-28(2,3)34(27(37)38)25-22(16-23(40-25)20-8-6-12-31-17-20)24(35)32-14-9-21(10-15-32)33-13-7-11-30(19-33)18-29(4,5)39-26(30)36/h6,8,12,16-17,21H,7,9-11,13-15,18-19H2,1-5H3,(H,37,38). The molecule has 1 N–H and O–H groups in total. The van der Waals surface area contributed by atoms with Crippen LogP contribution in [0.5, 0.6) is 0 Å². The second-order valence-electron chi connectivity index (χ2n) is 13.1. The van der Waals surface area contributed by atoms with Gasteiger partial charge in [0.05, 0.1) is 11.0 Å². The first-order valence-electron chi connectivity index (χ1n) is 14.1. The van der Waals surface area contributed by atoms with Crippen LogP contribution in [0.4, 0.5) is 9.80 Å². The summed E-state index contributed by atoms with van der Waals surface area (Å²) >= 11 is 1.31. The van der Waals surface area contributed by atoms with E-state index in [4.69, 9.17) is 4.74 Å². The minimum absolute atomic E-state index is 0.0638. The Morgan fingerprint density at radius 2 is 1.93 bits per heavy atom. The average Bonchev–Trinajstić information content (AvgIpc) is 3.40. The van der Waals surface area contributed by atoms with Gasteiger partial charge < -0.3 is 14.7 Å². The quantitative estimate of drug-likeness (QED) is 0.486. The lowest BCUT2D eigenvalue weighted by Gasteiger charge is -2.45. The zero-order chi connectivity index (χ0) is 28.9. The molecule has 5 heterocycles. The number of cyclic esters (lactones) is 1. The molecule has 2 aromatic heterocycles. The van der Waals surface area contributed by atoms with Crippen molar-refractivity contribution in [3.63, 3.8) is 0 Å². The third-order valence-corrected chi connectivity index (χ3v) is 9.56. The third-order valence-electron chi connectivity index (χ3n) is 8.39. The lowest BCUT2D eigenvalue weighted by molar-refractivity contribution is -0.154. The Labute approximate surface area is 240 Å². The Morgan fingerprint density at radius 3 is 2.50 bits per heavy atom. The number of aromatic nitrogens is 1. The fourth-order valence-corrected chi connectivity index (χ4v) is 8.03. The van der Waals surface area contributed by atoms with E-state index in [0.717, 1.165) is 55.6 Å². The van der Waals surface area contributed by atoms with Crippen LogP contribution in [0.1, 0.15) is 77.1 Å². The molecule has 216 valence electrons. The van der Waals surface area contributed by atoms with E-state index in [1.807, 2.05) is 57.7 Å². The molecule has 0 bridgehead atoms. The highest BCUT2D eigenvalue weighted by molar-refractivity contribution is 7.20. The van der Waals surface area contributed by atoms with E-state index in [1.54, 1.807) is 12.4 Å². The number of rotatable bonds is 4. The topological polar surface area (TPSA) is 103 Å². The molecule has 0 aromatic carbocycles. The molecule has 2 aromatic rings. The molecule has 0 aliphatic carbocycles. The largest absolute Gasteiger partial charge is 0.465 e. The number of esters is 1. The number of ether oxygens (including phenoxy) is 1. The van der Waals surface area contributed by atoms with E-state index >= 15 is 0 Å². The van der Waals surface area contributed by atoms with Crippen molar-refractivity contribution in [1.82, 2.24) is 14.8 Å². The van der Waals surface area contributed by atoms with Crippen molar-refractivity contribution in [2.24, 2.45) is 5.41 Å². The number of carbonyl (C=O) groups is 3. The molecule has 1 atom stereocenters. The molecule has 10 heteroatoms.